The van der Waals surface area contributed by atoms with Crippen LogP contribution < -0.4 is 5.43 Å². The summed E-state index contributed by atoms with van der Waals surface area (Å²) in [4.78, 5) is 12.3. The molecule has 0 radical (unpaired) electrons. The van der Waals surface area contributed by atoms with Gasteiger partial charge in [0.15, 0.2) is 0 Å². The second-order valence-electron chi connectivity index (χ2n) is 4.83. The lowest BCUT2D eigenvalue weighted by Crippen LogP contribution is -2.34. The Balaban J connectivity index is 2.01. The smallest absolute Gasteiger partial charge is 0.301 e. The van der Waals surface area contributed by atoms with Crippen molar-refractivity contribution in [2.45, 2.75) is 18.1 Å². The Kier molecular flexibility index (Phi) is 3.74. The SMILES string of the molecule is O=C(C1=NN[C@H](c2ccccc2)[C@@H]1c1cccs1)C(F)(F)F. The molecule has 1 aliphatic heterocycles. The highest BCUT2D eigenvalue weighted by atomic mass is 32.1. The standard InChI is InChI=1S/C15H11F3N2OS/c16-15(17,18)14(21)13-11(10-7-4-8-22-10)12(19-20-13)9-5-2-1-3-6-9/h1-8,11-12,19H/t11-,12+/m0/s1. The fourth-order valence-corrected chi connectivity index (χ4v) is 3.34. The van der Waals surface area contributed by atoms with Crippen LogP contribution >= 0.6 is 11.3 Å². The average molecular weight is 324 g/mol. The summed E-state index contributed by atoms with van der Waals surface area (Å²) in [7, 11) is 0. The largest absolute Gasteiger partial charge is 0.456 e. The van der Waals surface area contributed by atoms with Crippen molar-refractivity contribution in [2.24, 2.45) is 5.10 Å². The summed E-state index contributed by atoms with van der Waals surface area (Å²) in [5.41, 5.74) is 2.99. The lowest BCUT2D eigenvalue weighted by atomic mass is 9.87. The Bertz CT molecular complexity index is 695. The van der Waals surface area contributed by atoms with Gasteiger partial charge in [0.25, 0.3) is 5.78 Å². The highest BCUT2D eigenvalue weighted by Crippen LogP contribution is 2.39. The van der Waals surface area contributed by atoms with E-state index >= 15 is 0 Å². The number of hydrazone groups is 1. The van der Waals surface area contributed by atoms with E-state index in [0.717, 1.165) is 5.56 Å². The van der Waals surface area contributed by atoms with Gasteiger partial charge in [-0.2, -0.15) is 18.3 Å². The van der Waals surface area contributed by atoms with E-state index in [1.54, 1.807) is 41.8 Å². The number of halogens is 3. The third-order valence-electron chi connectivity index (χ3n) is 3.45. The monoisotopic (exact) mass is 324 g/mol. The average Bonchev–Trinajstić information content (AvgIpc) is 3.15. The van der Waals surface area contributed by atoms with Crippen LogP contribution in [-0.4, -0.2) is 17.7 Å². The third kappa shape index (κ3) is 2.64. The molecule has 1 aliphatic rings. The number of Topliss-reactive ketones (excluding diaryl/α,β-unsaturated/α-hetero) is 1. The zero-order valence-corrected chi connectivity index (χ0v) is 12.0. The van der Waals surface area contributed by atoms with Crippen molar-refractivity contribution in [3.8, 4) is 0 Å². The second kappa shape index (κ2) is 5.57. The van der Waals surface area contributed by atoms with Gasteiger partial charge >= 0.3 is 6.18 Å². The first-order chi connectivity index (χ1) is 10.5. The fraction of sp³-hybridized carbons (Fsp3) is 0.200. The highest BCUT2D eigenvalue weighted by molar-refractivity contribution is 7.10. The van der Waals surface area contributed by atoms with Gasteiger partial charge in [-0.15, -0.1) is 11.3 Å². The Labute approximate surface area is 128 Å². The van der Waals surface area contributed by atoms with Crippen molar-refractivity contribution in [3.63, 3.8) is 0 Å². The van der Waals surface area contributed by atoms with Crippen molar-refractivity contribution in [1.82, 2.24) is 5.43 Å². The second-order valence-corrected chi connectivity index (χ2v) is 5.81. The van der Waals surface area contributed by atoms with Crippen LogP contribution in [0.4, 0.5) is 13.2 Å². The van der Waals surface area contributed by atoms with Crippen LogP contribution in [0.25, 0.3) is 0 Å². The van der Waals surface area contributed by atoms with E-state index in [4.69, 9.17) is 0 Å². The maximum Gasteiger partial charge on any atom is 0.456 e. The summed E-state index contributed by atoms with van der Waals surface area (Å²) < 4.78 is 38.4. The molecule has 1 aromatic carbocycles. The van der Waals surface area contributed by atoms with Gasteiger partial charge in [0.1, 0.15) is 5.71 Å². The molecule has 2 heterocycles. The topological polar surface area (TPSA) is 41.5 Å². The molecule has 22 heavy (non-hydrogen) atoms. The van der Waals surface area contributed by atoms with Crippen molar-refractivity contribution in [2.75, 3.05) is 0 Å². The number of hydrogen-bond donors (Lipinski definition) is 1. The summed E-state index contributed by atoms with van der Waals surface area (Å²) in [6, 6.07) is 12.0. The molecule has 114 valence electrons. The summed E-state index contributed by atoms with van der Waals surface area (Å²) in [5.74, 6) is -2.63. The number of nitrogens with one attached hydrogen (secondary N) is 1. The number of carbonyl (C=O) groups excluding carboxylic acids is 1. The summed E-state index contributed by atoms with van der Waals surface area (Å²) in [6.45, 7) is 0. The quantitative estimate of drug-likeness (QED) is 0.936. The number of ketones is 1. The predicted octanol–water partition coefficient (Wildman–Crippen LogP) is 3.66. The number of thiophene rings is 1. The minimum absolute atomic E-state index is 0.483. The van der Waals surface area contributed by atoms with E-state index in [1.807, 2.05) is 6.07 Å². The van der Waals surface area contributed by atoms with Crippen LogP contribution in [0.3, 0.4) is 0 Å². The maximum atomic E-state index is 12.8. The summed E-state index contributed by atoms with van der Waals surface area (Å²) >= 11 is 1.31. The van der Waals surface area contributed by atoms with E-state index in [2.05, 4.69) is 10.5 Å². The molecule has 2 atom stereocenters. The highest BCUT2D eigenvalue weighted by Gasteiger charge is 2.48. The van der Waals surface area contributed by atoms with Crippen LogP contribution in [0.15, 0.2) is 52.9 Å². The number of hydrogen-bond acceptors (Lipinski definition) is 4. The van der Waals surface area contributed by atoms with Gasteiger partial charge in [-0.3, -0.25) is 4.79 Å². The first kappa shape index (κ1) is 14.8. The van der Waals surface area contributed by atoms with Gasteiger partial charge in [0.2, 0.25) is 0 Å². The number of nitrogens with zero attached hydrogens (tertiary/aromatic N) is 1. The van der Waals surface area contributed by atoms with Crippen LogP contribution in [0.2, 0.25) is 0 Å². The third-order valence-corrected chi connectivity index (χ3v) is 4.41. The van der Waals surface area contributed by atoms with Gasteiger partial charge in [-0.25, -0.2) is 0 Å². The molecule has 0 saturated heterocycles. The molecule has 0 spiro atoms. The minimum atomic E-state index is -4.93. The summed E-state index contributed by atoms with van der Waals surface area (Å²) in [6.07, 6.45) is -4.93. The number of benzene rings is 1. The molecule has 0 aliphatic carbocycles. The predicted molar refractivity (Wildman–Crippen MR) is 77.9 cm³/mol. The molecule has 7 heteroatoms. The first-order valence-corrected chi connectivity index (χ1v) is 7.39. The molecule has 3 nitrogen and oxygen atoms in total. The Morgan fingerprint density at radius 3 is 2.45 bits per heavy atom. The molecule has 0 fully saturated rings. The van der Waals surface area contributed by atoms with Crippen LogP contribution in [0.5, 0.6) is 0 Å². The van der Waals surface area contributed by atoms with Gasteiger partial charge in [-0.1, -0.05) is 36.4 Å². The Morgan fingerprint density at radius 2 is 1.86 bits per heavy atom. The maximum absolute atomic E-state index is 12.8. The number of alkyl halides is 3. The van der Waals surface area contributed by atoms with Gasteiger partial charge in [-0.05, 0) is 17.0 Å². The van der Waals surface area contributed by atoms with Crippen molar-refractivity contribution >= 4 is 22.8 Å². The lowest BCUT2D eigenvalue weighted by Gasteiger charge is -2.20. The minimum Gasteiger partial charge on any atom is -0.301 e. The lowest BCUT2D eigenvalue weighted by molar-refractivity contribution is -0.163. The van der Waals surface area contributed by atoms with Gasteiger partial charge < -0.3 is 5.43 Å². The first-order valence-electron chi connectivity index (χ1n) is 6.51. The normalized spacial score (nSPS) is 21.3. The van der Waals surface area contributed by atoms with Crippen molar-refractivity contribution in [1.29, 1.82) is 0 Å². The number of carbonyl (C=O) groups is 1. The van der Waals surface area contributed by atoms with E-state index < -0.39 is 29.6 Å². The fourth-order valence-electron chi connectivity index (χ4n) is 2.47. The number of rotatable bonds is 3. The zero-order chi connectivity index (χ0) is 15.7. The molecule has 0 saturated carbocycles. The molecular formula is C15H11F3N2OS. The molecule has 0 unspecified atom stereocenters. The summed E-state index contributed by atoms with van der Waals surface area (Å²) in [5, 5.41) is 5.47. The van der Waals surface area contributed by atoms with Crippen molar-refractivity contribution < 1.29 is 18.0 Å². The van der Waals surface area contributed by atoms with E-state index in [9.17, 15) is 18.0 Å². The van der Waals surface area contributed by atoms with Crippen LogP contribution in [-0.2, 0) is 4.79 Å². The molecule has 1 N–H and O–H groups in total. The van der Waals surface area contributed by atoms with E-state index in [1.165, 1.54) is 11.3 Å². The molecule has 2 aromatic rings. The molecule has 1 aromatic heterocycles. The van der Waals surface area contributed by atoms with Crippen molar-refractivity contribution in [3.05, 3.63) is 58.3 Å². The van der Waals surface area contributed by atoms with Crippen LogP contribution in [0, 0.1) is 0 Å². The van der Waals surface area contributed by atoms with Crippen LogP contribution in [0.1, 0.15) is 22.4 Å². The zero-order valence-electron chi connectivity index (χ0n) is 11.2. The Morgan fingerprint density at radius 1 is 1.14 bits per heavy atom. The van der Waals surface area contributed by atoms with E-state index in [-0.39, 0.29) is 0 Å². The molecular weight excluding hydrogens is 313 g/mol. The molecule has 3 rings (SSSR count). The molecule has 0 amide bonds. The van der Waals surface area contributed by atoms with E-state index in [0.29, 0.717) is 4.88 Å². The van der Waals surface area contributed by atoms with Gasteiger partial charge in [0.05, 0.1) is 12.0 Å². The Hall–Kier alpha value is -2.15. The molecule has 0 bridgehead atoms. The van der Waals surface area contributed by atoms with Gasteiger partial charge in [0, 0.05) is 4.88 Å².